The number of nitrogens with zero attached hydrogens (tertiary/aromatic N) is 3. The van der Waals surface area contributed by atoms with E-state index in [1.807, 2.05) is 30.3 Å². The molecule has 0 aliphatic rings. The summed E-state index contributed by atoms with van der Waals surface area (Å²) in [5, 5.41) is 8.16. The highest BCUT2D eigenvalue weighted by Gasteiger charge is 2.13. The summed E-state index contributed by atoms with van der Waals surface area (Å²) in [6, 6.07) is 15.8. The van der Waals surface area contributed by atoms with Gasteiger partial charge in [0, 0.05) is 13.0 Å². The van der Waals surface area contributed by atoms with Gasteiger partial charge in [0.25, 0.3) is 0 Å². The van der Waals surface area contributed by atoms with Gasteiger partial charge in [0.1, 0.15) is 17.3 Å². The third-order valence-electron chi connectivity index (χ3n) is 3.44. The first kappa shape index (κ1) is 15.2. The minimum atomic E-state index is -0.321. The van der Waals surface area contributed by atoms with Crippen LogP contribution >= 0.6 is 0 Å². The van der Waals surface area contributed by atoms with Gasteiger partial charge in [0.05, 0.1) is 18.0 Å². The zero-order chi connectivity index (χ0) is 16.1. The molecule has 1 aromatic heterocycles. The van der Waals surface area contributed by atoms with Crippen LogP contribution in [-0.4, -0.2) is 21.6 Å². The van der Waals surface area contributed by atoms with Gasteiger partial charge in [0.15, 0.2) is 0 Å². The van der Waals surface area contributed by atoms with Gasteiger partial charge in [-0.05, 0) is 30.3 Å². The van der Waals surface area contributed by atoms with Gasteiger partial charge in [-0.25, -0.2) is 9.07 Å². The topological polar surface area (TPSA) is 66.0 Å². The van der Waals surface area contributed by atoms with E-state index in [2.05, 4.69) is 10.3 Å². The van der Waals surface area contributed by atoms with Crippen molar-refractivity contribution in [1.29, 1.82) is 0 Å². The minimum absolute atomic E-state index is 0.274. The van der Waals surface area contributed by atoms with Crippen molar-refractivity contribution in [3.8, 4) is 11.4 Å². The average Bonchev–Trinajstić information content (AvgIpc) is 2.99. The summed E-state index contributed by atoms with van der Waals surface area (Å²) < 4.78 is 20.8. The first-order valence-corrected chi connectivity index (χ1v) is 7.35. The maximum absolute atomic E-state index is 13.4. The molecule has 1 heterocycles. The van der Waals surface area contributed by atoms with Crippen molar-refractivity contribution in [2.24, 2.45) is 5.73 Å². The number of para-hydroxylation sites is 1. The molecule has 5 nitrogen and oxygen atoms in total. The van der Waals surface area contributed by atoms with Crippen LogP contribution in [0.15, 0.2) is 54.6 Å². The van der Waals surface area contributed by atoms with Crippen LogP contribution in [0.4, 0.5) is 4.39 Å². The third-order valence-corrected chi connectivity index (χ3v) is 3.44. The number of ether oxygens (including phenoxy) is 1. The predicted octanol–water partition coefficient (Wildman–Crippen LogP) is 2.49. The van der Waals surface area contributed by atoms with Gasteiger partial charge in [-0.2, -0.15) is 0 Å². The van der Waals surface area contributed by atoms with E-state index in [1.54, 1.807) is 16.8 Å². The van der Waals surface area contributed by atoms with Crippen molar-refractivity contribution in [2.75, 3.05) is 6.61 Å². The number of hydrogen-bond donors (Lipinski definition) is 1. The maximum Gasteiger partial charge on any atom is 0.125 e. The minimum Gasteiger partial charge on any atom is -0.493 e. The number of rotatable bonds is 6. The second-order valence-corrected chi connectivity index (χ2v) is 4.99. The van der Waals surface area contributed by atoms with Crippen LogP contribution in [-0.2, 0) is 13.0 Å². The summed E-state index contributed by atoms with van der Waals surface area (Å²) in [6.07, 6.45) is 0.574. The van der Waals surface area contributed by atoms with Crippen LogP contribution in [0.5, 0.6) is 5.75 Å². The van der Waals surface area contributed by atoms with Gasteiger partial charge in [0.2, 0.25) is 0 Å². The summed E-state index contributed by atoms with van der Waals surface area (Å²) in [6.45, 7) is 0.732. The van der Waals surface area contributed by atoms with Gasteiger partial charge in [-0.1, -0.05) is 29.5 Å². The van der Waals surface area contributed by atoms with E-state index in [1.165, 1.54) is 12.1 Å². The van der Waals surface area contributed by atoms with Crippen molar-refractivity contribution in [2.45, 2.75) is 13.0 Å². The largest absolute Gasteiger partial charge is 0.493 e. The lowest BCUT2D eigenvalue weighted by Gasteiger charge is -2.09. The van der Waals surface area contributed by atoms with Crippen LogP contribution in [0.2, 0.25) is 0 Å². The monoisotopic (exact) mass is 312 g/mol. The standard InChI is InChI=1S/C17H17FN4O/c18-13-5-4-6-14(11-13)22-17(16(12-19)20-21-22)9-10-23-15-7-2-1-3-8-15/h1-8,11H,9-10,12,19H2. The fourth-order valence-electron chi connectivity index (χ4n) is 2.34. The molecule has 2 aromatic carbocycles. The van der Waals surface area contributed by atoms with E-state index < -0.39 is 0 Å². The molecule has 0 aliphatic carbocycles. The fraction of sp³-hybridized carbons (Fsp3) is 0.176. The highest BCUT2D eigenvalue weighted by molar-refractivity contribution is 5.34. The molecule has 0 radical (unpaired) electrons. The number of benzene rings is 2. The van der Waals surface area contributed by atoms with Crippen molar-refractivity contribution in [1.82, 2.24) is 15.0 Å². The summed E-state index contributed by atoms with van der Waals surface area (Å²) in [5.41, 5.74) is 7.86. The average molecular weight is 312 g/mol. The SMILES string of the molecule is NCc1nnn(-c2cccc(F)c2)c1CCOc1ccccc1. The molecular formula is C17H17FN4O. The molecule has 2 N–H and O–H groups in total. The van der Waals surface area contributed by atoms with Crippen LogP contribution in [0.25, 0.3) is 5.69 Å². The van der Waals surface area contributed by atoms with Crippen molar-refractivity contribution in [3.63, 3.8) is 0 Å². The fourth-order valence-corrected chi connectivity index (χ4v) is 2.34. The first-order valence-electron chi connectivity index (χ1n) is 7.35. The van der Waals surface area contributed by atoms with Crippen LogP contribution in [0.1, 0.15) is 11.4 Å². The molecule has 6 heteroatoms. The summed E-state index contributed by atoms with van der Waals surface area (Å²) in [5.74, 6) is 0.477. The predicted molar refractivity (Wildman–Crippen MR) is 84.8 cm³/mol. The number of hydrogen-bond acceptors (Lipinski definition) is 4. The Kier molecular flexibility index (Phi) is 4.63. The Hall–Kier alpha value is -2.73. The molecular weight excluding hydrogens is 295 g/mol. The Labute approximate surface area is 133 Å². The molecule has 0 bridgehead atoms. The molecule has 3 rings (SSSR count). The molecule has 0 amide bonds. The Morgan fingerprint density at radius 1 is 1.09 bits per heavy atom. The molecule has 0 spiro atoms. The number of aromatic nitrogens is 3. The lowest BCUT2D eigenvalue weighted by atomic mass is 10.2. The molecule has 0 saturated carbocycles. The number of halogens is 1. The molecule has 23 heavy (non-hydrogen) atoms. The van der Waals surface area contributed by atoms with Gasteiger partial charge in [-0.15, -0.1) is 5.10 Å². The molecule has 3 aromatic rings. The smallest absolute Gasteiger partial charge is 0.125 e. The van der Waals surface area contributed by atoms with E-state index in [0.717, 1.165) is 11.4 Å². The van der Waals surface area contributed by atoms with Gasteiger partial charge < -0.3 is 10.5 Å². The van der Waals surface area contributed by atoms with Crippen molar-refractivity contribution >= 4 is 0 Å². The van der Waals surface area contributed by atoms with Gasteiger partial charge >= 0.3 is 0 Å². The Bertz CT molecular complexity index is 773. The van der Waals surface area contributed by atoms with Crippen LogP contribution in [0, 0.1) is 5.82 Å². The molecule has 0 unspecified atom stereocenters. The lowest BCUT2D eigenvalue weighted by Crippen LogP contribution is -2.11. The molecule has 0 saturated heterocycles. The molecule has 0 fully saturated rings. The van der Waals surface area contributed by atoms with Gasteiger partial charge in [-0.3, -0.25) is 0 Å². The van der Waals surface area contributed by atoms with Crippen LogP contribution in [0.3, 0.4) is 0 Å². The van der Waals surface area contributed by atoms with E-state index in [-0.39, 0.29) is 12.4 Å². The summed E-state index contributed by atoms with van der Waals surface area (Å²) in [4.78, 5) is 0. The zero-order valence-corrected chi connectivity index (χ0v) is 12.5. The second kappa shape index (κ2) is 7.02. The van der Waals surface area contributed by atoms with Crippen molar-refractivity contribution in [3.05, 3.63) is 71.8 Å². The quantitative estimate of drug-likeness (QED) is 0.759. The Morgan fingerprint density at radius 2 is 1.91 bits per heavy atom. The Balaban J connectivity index is 1.79. The van der Waals surface area contributed by atoms with Crippen molar-refractivity contribution < 1.29 is 9.13 Å². The maximum atomic E-state index is 13.4. The van der Waals surface area contributed by atoms with E-state index >= 15 is 0 Å². The number of nitrogens with two attached hydrogens (primary N) is 1. The highest BCUT2D eigenvalue weighted by atomic mass is 19.1. The lowest BCUT2D eigenvalue weighted by molar-refractivity contribution is 0.319. The second-order valence-electron chi connectivity index (χ2n) is 4.99. The summed E-state index contributed by atoms with van der Waals surface area (Å²) in [7, 11) is 0. The third kappa shape index (κ3) is 3.54. The normalized spacial score (nSPS) is 10.7. The van der Waals surface area contributed by atoms with E-state index in [0.29, 0.717) is 24.4 Å². The molecule has 0 atom stereocenters. The van der Waals surface area contributed by atoms with E-state index in [9.17, 15) is 4.39 Å². The van der Waals surface area contributed by atoms with E-state index in [4.69, 9.17) is 10.5 Å². The molecule has 0 aliphatic heterocycles. The Morgan fingerprint density at radius 3 is 2.65 bits per heavy atom. The molecule has 118 valence electrons. The van der Waals surface area contributed by atoms with Crippen LogP contribution < -0.4 is 10.5 Å². The zero-order valence-electron chi connectivity index (χ0n) is 12.5. The first-order chi connectivity index (χ1) is 11.3. The summed E-state index contributed by atoms with van der Waals surface area (Å²) >= 11 is 0. The highest BCUT2D eigenvalue weighted by Crippen LogP contribution is 2.16.